The molecule has 0 unspecified atom stereocenters. The molecule has 2 nitrogen and oxygen atoms in total. The van der Waals surface area contributed by atoms with Crippen LogP contribution < -0.4 is 0 Å². The summed E-state index contributed by atoms with van der Waals surface area (Å²) in [5.74, 6) is -0.659. The maximum atomic E-state index is 10.3. The molecule has 0 aromatic heterocycles. The maximum absolute atomic E-state index is 10.3. The van der Waals surface area contributed by atoms with Crippen molar-refractivity contribution < 1.29 is 27.0 Å². The van der Waals surface area contributed by atoms with E-state index in [1.807, 2.05) is 0 Å². The number of unbranched alkanes of at least 4 members (excludes halogenated alkanes) is 11. The summed E-state index contributed by atoms with van der Waals surface area (Å²) in [6, 6.07) is 0. The van der Waals surface area contributed by atoms with Crippen molar-refractivity contribution in [3.63, 3.8) is 0 Å². The summed E-state index contributed by atoms with van der Waals surface area (Å²) in [4.78, 5) is 10.3. The van der Waals surface area contributed by atoms with E-state index >= 15 is 0 Å². The summed E-state index contributed by atoms with van der Waals surface area (Å²) in [5.41, 5.74) is 0. The van der Waals surface area contributed by atoms with Gasteiger partial charge in [0.1, 0.15) is 0 Å². The topological polar surface area (TPSA) is 37.3 Å². The van der Waals surface area contributed by atoms with Crippen LogP contribution in [-0.4, -0.2) is 11.1 Å². The smallest absolute Gasteiger partial charge is 0.303 e. The first-order valence-electron chi connectivity index (χ1n) is 8.64. The first kappa shape index (κ1) is 23.0. The fourth-order valence-electron chi connectivity index (χ4n) is 2.33. The molecule has 21 heavy (non-hydrogen) atoms. The Morgan fingerprint density at radius 1 is 0.762 bits per heavy atom. The molecule has 0 aromatic carbocycles. The van der Waals surface area contributed by atoms with Crippen LogP contribution in [-0.2, 0) is 21.9 Å². The van der Waals surface area contributed by atoms with Gasteiger partial charge >= 0.3 is 5.97 Å². The molecule has 3 heteroatoms. The van der Waals surface area contributed by atoms with Gasteiger partial charge in [-0.05, 0) is 25.7 Å². The number of hydrogen-bond acceptors (Lipinski definition) is 1. The Hall–Kier alpha value is -0.271. The second-order valence-corrected chi connectivity index (χ2v) is 5.73. The van der Waals surface area contributed by atoms with Gasteiger partial charge in [-0.1, -0.05) is 76.9 Å². The monoisotopic (exact) mass is 338 g/mol. The Kier molecular flexibility index (Phi) is 21.6. The van der Waals surface area contributed by atoms with Gasteiger partial charge in [0.2, 0.25) is 0 Å². The van der Waals surface area contributed by atoms with Crippen LogP contribution in [0.1, 0.15) is 96.8 Å². The molecule has 0 saturated carbocycles. The van der Waals surface area contributed by atoms with Crippen LogP contribution in [0.5, 0.6) is 0 Å². The molecule has 0 spiro atoms. The van der Waals surface area contributed by atoms with Gasteiger partial charge in [0.15, 0.2) is 0 Å². The Labute approximate surface area is 142 Å². The van der Waals surface area contributed by atoms with Gasteiger partial charge in [0.25, 0.3) is 0 Å². The molecular weight excluding hydrogens is 304 g/mol. The first-order valence-corrected chi connectivity index (χ1v) is 8.64. The zero-order chi connectivity index (χ0) is 14.9. The summed E-state index contributed by atoms with van der Waals surface area (Å²) in [6.07, 6.45) is 21.2. The molecule has 0 aliphatic rings. The summed E-state index contributed by atoms with van der Waals surface area (Å²) >= 11 is 0. The zero-order valence-corrected chi connectivity index (χ0v) is 14.9. The van der Waals surface area contributed by atoms with Crippen molar-refractivity contribution >= 4 is 5.97 Å². The predicted octanol–water partition coefficient (Wildman–Crippen LogP) is 6.11. The third-order valence-corrected chi connectivity index (χ3v) is 3.65. The van der Waals surface area contributed by atoms with Gasteiger partial charge in [0.05, 0.1) is 0 Å². The minimum absolute atomic E-state index is 0. The van der Waals surface area contributed by atoms with Crippen molar-refractivity contribution in [2.24, 2.45) is 0 Å². The Morgan fingerprint density at radius 2 is 1.19 bits per heavy atom. The number of allylic oxidation sites excluding steroid dienone is 2. The minimum Gasteiger partial charge on any atom is -0.481 e. The Bertz CT molecular complexity index is 239. The molecule has 0 atom stereocenters. The predicted molar refractivity (Wildman–Crippen MR) is 87.1 cm³/mol. The van der Waals surface area contributed by atoms with Crippen LogP contribution in [0.25, 0.3) is 0 Å². The molecule has 0 aliphatic carbocycles. The van der Waals surface area contributed by atoms with E-state index in [9.17, 15) is 4.79 Å². The van der Waals surface area contributed by atoms with Gasteiger partial charge in [-0.2, -0.15) is 0 Å². The maximum Gasteiger partial charge on any atom is 0.303 e. The molecule has 1 N–H and O–H groups in total. The first-order chi connectivity index (χ1) is 9.77. The summed E-state index contributed by atoms with van der Waals surface area (Å²) in [7, 11) is 0. The van der Waals surface area contributed by atoms with Crippen LogP contribution in [0.3, 0.4) is 0 Å². The van der Waals surface area contributed by atoms with Crippen LogP contribution in [0.15, 0.2) is 12.2 Å². The van der Waals surface area contributed by atoms with Crippen molar-refractivity contribution in [1.82, 2.24) is 0 Å². The van der Waals surface area contributed by atoms with E-state index in [2.05, 4.69) is 19.1 Å². The summed E-state index contributed by atoms with van der Waals surface area (Å²) in [6.45, 7) is 2.24. The van der Waals surface area contributed by atoms with E-state index in [4.69, 9.17) is 5.11 Å². The number of carbonyl (C=O) groups is 1. The minimum atomic E-state index is -0.659. The number of rotatable bonds is 15. The molecule has 126 valence electrons. The van der Waals surface area contributed by atoms with Gasteiger partial charge < -0.3 is 5.11 Å². The second kappa shape index (κ2) is 19.7. The molecule has 0 bridgehead atoms. The third kappa shape index (κ3) is 22.2. The van der Waals surface area contributed by atoms with Crippen molar-refractivity contribution in [3.8, 4) is 0 Å². The number of carboxylic acid groups (broad SMARTS) is 1. The van der Waals surface area contributed by atoms with E-state index in [0.717, 1.165) is 12.8 Å². The van der Waals surface area contributed by atoms with E-state index in [1.165, 1.54) is 70.6 Å². The van der Waals surface area contributed by atoms with Crippen LogP contribution >= 0.6 is 0 Å². The van der Waals surface area contributed by atoms with Crippen LogP contribution in [0, 0.1) is 0 Å². The molecule has 0 fully saturated rings. The fourth-order valence-corrected chi connectivity index (χ4v) is 2.33. The van der Waals surface area contributed by atoms with Crippen molar-refractivity contribution in [1.29, 1.82) is 0 Å². The van der Waals surface area contributed by atoms with Gasteiger partial charge in [-0.15, -0.1) is 0 Å². The molecule has 0 radical (unpaired) electrons. The van der Waals surface area contributed by atoms with Crippen molar-refractivity contribution in [2.45, 2.75) is 96.8 Å². The van der Waals surface area contributed by atoms with E-state index < -0.39 is 5.97 Å². The fraction of sp³-hybridized carbons (Fsp3) is 0.833. The van der Waals surface area contributed by atoms with Crippen molar-refractivity contribution in [3.05, 3.63) is 12.2 Å². The molecule has 0 aliphatic heterocycles. The standard InChI is InChI=1S/C18H34O2.Fe/c1-2-3-4-5-6-7-8-9-10-11-12-13-14-15-16-17-18(19)20;/h5-6H,2-4,7-17H2,1H3,(H,19,20);/b6-5-;. The van der Waals surface area contributed by atoms with Gasteiger partial charge in [-0.25, -0.2) is 0 Å². The molecule has 0 aromatic rings. The second-order valence-electron chi connectivity index (χ2n) is 5.73. The normalized spacial score (nSPS) is 10.7. The quantitative estimate of drug-likeness (QED) is 0.222. The number of hydrogen-bond donors (Lipinski definition) is 1. The average Bonchev–Trinajstić information content (AvgIpc) is 2.43. The zero-order valence-electron chi connectivity index (χ0n) is 13.8. The number of carboxylic acids is 1. The van der Waals surface area contributed by atoms with Crippen LogP contribution in [0.4, 0.5) is 0 Å². The summed E-state index contributed by atoms with van der Waals surface area (Å²) < 4.78 is 0. The molecule has 0 heterocycles. The number of aliphatic carboxylic acids is 1. The van der Waals surface area contributed by atoms with E-state index in [-0.39, 0.29) is 17.1 Å². The van der Waals surface area contributed by atoms with E-state index in [0.29, 0.717) is 6.42 Å². The van der Waals surface area contributed by atoms with E-state index in [1.54, 1.807) is 0 Å². The van der Waals surface area contributed by atoms with Crippen LogP contribution in [0.2, 0.25) is 0 Å². The SMILES string of the molecule is CCCC/C=C\CCCCCCCCCCCC(=O)O.[Fe]. The van der Waals surface area contributed by atoms with Gasteiger partial charge in [-0.3, -0.25) is 4.79 Å². The molecular formula is C18H34FeO2. The molecule has 0 saturated heterocycles. The van der Waals surface area contributed by atoms with Gasteiger partial charge in [0, 0.05) is 23.5 Å². The Morgan fingerprint density at radius 3 is 1.67 bits per heavy atom. The molecule has 0 amide bonds. The molecule has 0 rings (SSSR count). The Balaban J connectivity index is 0. The van der Waals surface area contributed by atoms with Crippen molar-refractivity contribution in [2.75, 3.05) is 0 Å². The third-order valence-electron chi connectivity index (χ3n) is 3.65. The summed E-state index contributed by atoms with van der Waals surface area (Å²) in [5, 5.41) is 8.51. The largest absolute Gasteiger partial charge is 0.481 e. The average molecular weight is 338 g/mol.